The molecule has 0 saturated heterocycles. The molecule has 0 aliphatic heterocycles. The van der Waals surface area contributed by atoms with Gasteiger partial charge < -0.3 is 9.47 Å². The van der Waals surface area contributed by atoms with Gasteiger partial charge in [0.15, 0.2) is 0 Å². The van der Waals surface area contributed by atoms with Crippen LogP contribution in [0.25, 0.3) is 0 Å². The topological polar surface area (TPSA) is 18.5 Å². The van der Waals surface area contributed by atoms with Crippen molar-refractivity contribution in [1.29, 1.82) is 0 Å². The highest BCUT2D eigenvalue weighted by Gasteiger charge is 2.24. The molecule has 0 heterocycles. The second-order valence-electron chi connectivity index (χ2n) is 6.78. The van der Waals surface area contributed by atoms with Crippen molar-refractivity contribution in [3.05, 3.63) is 84.0 Å². The molecule has 25 heavy (non-hydrogen) atoms. The fraction of sp³-hybridized carbons (Fsp3) is 0.304. The van der Waals surface area contributed by atoms with Crippen LogP contribution in [0.5, 0.6) is 11.5 Å². The summed E-state index contributed by atoms with van der Waals surface area (Å²) in [5, 5.41) is 0. The van der Waals surface area contributed by atoms with E-state index in [-0.39, 0.29) is 5.41 Å². The molecule has 0 aliphatic rings. The second-order valence-corrected chi connectivity index (χ2v) is 6.78. The average Bonchev–Trinajstić information content (AvgIpc) is 2.59. The number of rotatable bonds is 8. The largest absolute Gasteiger partial charge is 0.489 e. The van der Waals surface area contributed by atoms with E-state index in [0.717, 1.165) is 22.6 Å². The molecule has 0 aromatic heterocycles. The first-order chi connectivity index (χ1) is 11.9. The summed E-state index contributed by atoms with van der Waals surface area (Å²) in [6.07, 6.45) is 3.52. The SMILES string of the molecule is C=CCOc1ccc(C(C)(C)c2ccc(OCC=C)c(C)c2)cc1C. The summed E-state index contributed by atoms with van der Waals surface area (Å²) in [6.45, 7) is 17.1. The Balaban J connectivity index is 2.31. The van der Waals surface area contributed by atoms with Gasteiger partial charge in [0.1, 0.15) is 24.7 Å². The van der Waals surface area contributed by atoms with Gasteiger partial charge in [-0.25, -0.2) is 0 Å². The van der Waals surface area contributed by atoms with E-state index in [1.807, 2.05) is 12.1 Å². The summed E-state index contributed by atoms with van der Waals surface area (Å²) in [7, 11) is 0. The third kappa shape index (κ3) is 4.33. The molecule has 0 unspecified atom stereocenters. The van der Waals surface area contributed by atoms with E-state index in [9.17, 15) is 0 Å². The molecule has 0 amide bonds. The van der Waals surface area contributed by atoms with Gasteiger partial charge in [-0.15, -0.1) is 0 Å². The van der Waals surface area contributed by atoms with E-state index in [1.54, 1.807) is 12.2 Å². The first kappa shape index (κ1) is 18.9. The normalized spacial score (nSPS) is 11.0. The monoisotopic (exact) mass is 336 g/mol. The van der Waals surface area contributed by atoms with E-state index >= 15 is 0 Å². The van der Waals surface area contributed by atoms with Crippen LogP contribution in [-0.2, 0) is 5.41 Å². The zero-order valence-corrected chi connectivity index (χ0v) is 15.8. The molecular weight excluding hydrogens is 308 g/mol. The van der Waals surface area contributed by atoms with Gasteiger partial charge in [0.25, 0.3) is 0 Å². The summed E-state index contributed by atoms with van der Waals surface area (Å²) >= 11 is 0. The molecule has 0 fully saturated rings. The summed E-state index contributed by atoms with van der Waals surface area (Å²) in [5.74, 6) is 1.81. The highest BCUT2D eigenvalue weighted by atomic mass is 16.5. The molecular formula is C23H28O2. The summed E-state index contributed by atoms with van der Waals surface area (Å²) in [5.41, 5.74) is 4.68. The maximum Gasteiger partial charge on any atom is 0.122 e. The van der Waals surface area contributed by atoms with Gasteiger partial charge in [-0.3, -0.25) is 0 Å². The average molecular weight is 336 g/mol. The van der Waals surface area contributed by atoms with Crippen LogP contribution in [0.2, 0.25) is 0 Å². The minimum atomic E-state index is -0.108. The van der Waals surface area contributed by atoms with Crippen LogP contribution < -0.4 is 9.47 Å². The van der Waals surface area contributed by atoms with Crippen LogP contribution in [0.15, 0.2) is 61.7 Å². The van der Waals surface area contributed by atoms with E-state index in [0.29, 0.717) is 13.2 Å². The smallest absolute Gasteiger partial charge is 0.122 e. The molecule has 0 aliphatic carbocycles. The Kier molecular flexibility index (Phi) is 6.08. The lowest BCUT2D eigenvalue weighted by molar-refractivity contribution is 0.360. The van der Waals surface area contributed by atoms with Crippen molar-refractivity contribution in [3.8, 4) is 11.5 Å². The molecule has 0 spiro atoms. The van der Waals surface area contributed by atoms with Crippen LogP contribution in [0, 0.1) is 13.8 Å². The number of ether oxygens (including phenoxy) is 2. The molecule has 0 radical (unpaired) electrons. The lowest BCUT2D eigenvalue weighted by Gasteiger charge is -2.28. The number of hydrogen-bond donors (Lipinski definition) is 0. The molecule has 0 saturated carbocycles. The van der Waals surface area contributed by atoms with Gasteiger partial charge in [-0.2, -0.15) is 0 Å². The summed E-state index contributed by atoms with van der Waals surface area (Å²) < 4.78 is 11.4. The predicted octanol–water partition coefficient (Wildman–Crippen LogP) is 5.76. The minimum absolute atomic E-state index is 0.108. The van der Waals surface area contributed by atoms with Crippen molar-refractivity contribution in [2.45, 2.75) is 33.1 Å². The van der Waals surface area contributed by atoms with Crippen molar-refractivity contribution in [2.24, 2.45) is 0 Å². The van der Waals surface area contributed by atoms with Crippen LogP contribution >= 0.6 is 0 Å². The van der Waals surface area contributed by atoms with Gasteiger partial charge >= 0.3 is 0 Å². The molecule has 2 aromatic rings. The molecule has 2 aromatic carbocycles. The summed E-state index contributed by atoms with van der Waals surface area (Å²) in [4.78, 5) is 0. The second kappa shape index (κ2) is 8.06. The van der Waals surface area contributed by atoms with Crippen LogP contribution in [0.4, 0.5) is 0 Å². The molecule has 2 heteroatoms. The molecule has 2 rings (SSSR count). The number of aryl methyl sites for hydroxylation is 2. The first-order valence-corrected chi connectivity index (χ1v) is 8.59. The van der Waals surface area contributed by atoms with Crippen molar-refractivity contribution in [1.82, 2.24) is 0 Å². The van der Waals surface area contributed by atoms with Crippen LogP contribution in [0.1, 0.15) is 36.1 Å². The Morgan fingerprint density at radius 1 is 0.800 bits per heavy atom. The maximum atomic E-state index is 5.69. The highest BCUT2D eigenvalue weighted by Crippen LogP contribution is 2.35. The number of benzene rings is 2. The Morgan fingerprint density at radius 3 is 1.52 bits per heavy atom. The first-order valence-electron chi connectivity index (χ1n) is 8.59. The fourth-order valence-corrected chi connectivity index (χ4v) is 2.86. The molecule has 0 N–H and O–H groups in total. The standard InChI is InChI=1S/C23H28O2/c1-7-13-24-21-11-9-19(15-17(21)3)23(5,6)20-10-12-22(18(4)16-20)25-14-8-2/h7-12,15-16H,1-2,13-14H2,3-6H3. The third-order valence-corrected chi connectivity index (χ3v) is 4.51. The van der Waals surface area contributed by atoms with Crippen molar-refractivity contribution in [2.75, 3.05) is 13.2 Å². The van der Waals surface area contributed by atoms with Crippen molar-refractivity contribution >= 4 is 0 Å². The van der Waals surface area contributed by atoms with E-state index in [2.05, 4.69) is 65.1 Å². The van der Waals surface area contributed by atoms with Gasteiger partial charge in [-0.05, 0) is 48.2 Å². The van der Waals surface area contributed by atoms with E-state index in [4.69, 9.17) is 9.47 Å². The Morgan fingerprint density at radius 2 is 1.20 bits per heavy atom. The third-order valence-electron chi connectivity index (χ3n) is 4.51. The van der Waals surface area contributed by atoms with Crippen molar-refractivity contribution < 1.29 is 9.47 Å². The minimum Gasteiger partial charge on any atom is -0.489 e. The quantitative estimate of drug-likeness (QED) is 0.571. The Hall–Kier alpha value is -2.48. The molecule has 2 nitrogen and oxygen atoms in total. The zero-order valence-electron chi connectivity index (χ0n) is 15.8. The van der Waals surface area contributed by atoms with E-state index in [1.165, 1.54) is 11.1 Å². The number of hydrogen-bond acceptors (Lipinski definition) is 2. The zero-order chi connectivity index (χ0) is 18.4. The lowest BCUT2D eigenvalue weighted by Crippen LogP contribution is -2.19. The fourth-order valence-electron chi connectivity index (χ4n) is 2.86. The van der Waals surface area contributed by atoms with Gasteiger partial charge in [0, 0.05) is 5.41 Å². The molecule has 0 bridgehead atoms. The summed E-state index contributed by atoms with van der Waals surface area (Å²) in [6, 6.07) is 12.8. The van der Waals surface area contributed by atoms with Crippen LogP contribution in [0.3, 0.4) is 0 Å². The highest BCUT2D eigenvalue weighted by molar-refractivity contribution is 5.47. The van der Waals surface area contributed by atoms with E-state index < -0.39 is 0 Å². The van der Waals surface area contributed by atoms with Crippen molar-refractivity contribution in [3.63, 3.8) is 0 Å². The Bertz CT molecular complexity index is 693. The molecule has 132 valence electrons. The predicted molar refractivity (Wildman–Crippen MR) is 106 cm³/mol. The molecule has 0 atom stereocenters. The van der Waals surface area contributed by atoms with Gasteiger partial charge in [0.05, 0.1) is 0 Å². The lowest BCUT2D eigenvalue weighted by atomic mass is 9.77. The van der Waals surface area contributed by atoms with Gasteiger partial charge in [-0.1, -0.05) is 63.4 Å². The maximum absolute atomic E-state index is 5.69. The van der Waals surface area contributed by atoms with Crippen LogP contribution in [-0.4, -0.2) is 13.2 Å². The Labute approximate surface area is 151 Å². The van der Waals surface area contributed by atoms with Gasteiger partial charge in [0.2, 0.25) is 0 Å².